The fourth-order valence-corrected chi connectivity index (χ4v) is 0.947. The van der Waals surface area contributed by atoms with Crippen molar-refractivity contribution in [3.8, 4) is 0 Å². The van der Waals surface area contributed by atoms with Crippen molar-refractivity contribution in [2.45, 2.75) is 26.8 Å². The Morgan fingerprint density at radius 2 is 2.21 bits per heavy atom. The third-order valence-electron chi connectivity index (χ3n) is 2.01. The van der Waals surface area contributed by atoms with Gasteiger partial charge in [-0.2, -0.15) is 5.10 Å². The number of nitrogens with one attached hydrogen (secondary N) is 2. The maximum Gasteiger partial charge on any atom is 0.270 e. The molecule has 5 heteroatoms. The number of H-pyrrole nitrogens is 1. The Hall–Kier alpha value is -1.65. The third-order valence-corrected chi connectivity index (χ3v) is 2.01. The van der Waals surface area contributed by atoms with E-state index in [1.807, 2.05) is 0 Å². The normalized spacial score (nSPS) is 12.2. The molecule has 0 saturated carbocycles. The van der Waals surface area contributed by atoms with Gasteiger partial charge in [0.1, 0.15) is 5.69 Å². The summed E-state index contributed by atoms with van der Waals surface area (Å²) in [5.74, 6) is -0.377. The van der Waals surface area contributed by atoms with Crippen molar-refractivity contribution in [1.82, 2.24) is 15.5 Å². The molecular formula is C9H13N3O2. The first-order valence-corrected chi connectivity index (χ1v) is 4.33. The molecule has 1 rings (SSSR count). The van der Waals surface area contributed by atoms with E-state index >= 15 is 0 Å². The number of amides is 1. The zero-order valence-electron chi connectivity index (χ0n) is 8.42. The molecule has 5 nitrogen and oxygen atoms in total. The molecule has 1 aromatic rings. The van der Waals surface area contributed by atoms with Crippen molar-refractivity contribution < 1.29 is 9.59 Å². The predicted molar refractivity (Wildman–Crippen MR) is 50.9 cm³/mol. The van der Waals surface area contributed by atoms with Crippen molar-refractivity contribution in [2.75, 3.05) is 0 Å². The van der Waals surface area contributed by atoms with Crippen LogP contribution >= 0.6 is 0 Å². The van der Waals surface area contributed by atoms with Crippen LogP contribution in [0, 0.1) is 6.92 Å². The van der Waals surface area contributed by atoms with Crippen LogP contribution in [0.4, 0.5) is 0 Å². The van der Waals surface area contributed by atoms with Crippen LogP contribution in [0.1, 0.15) is 29.9 Å². The van der Waals surface area contributed by atoms with Gasteiger partial charge in [0, 0.05) is 0 Å². The van der Waals surface area contributed by atoms with Crippen LogP contribution in [0.3, 0.4) is 0 Å². The van der Waals surface area contributed by atoms with Gasteiger partial charge in [-0.25, -0.2) is 0 Å². The Morgan fingerprint density at radius 1 is 1.57 bits per heavy atom. The van der Waals surface area contributed by atoms with E-state index in [9.17, 15) is 9.59 Å². The summed E-state index contributed by atoms with van der Waals surface area (Å²) in [6.07, 6.45) is 1.56. The summed E-state index contributed by atoms with van der Waals surface area (Å²) >= 11 is 0. The second-order valence-corrected chi connectivity index (χ2v) is 3.23. The van der Waals surface area contributed by atoms with E-state index in [-0.39, 0.29) is 11.7 Å². The van der Waals surface area contributed by atoms with Crippen LogP contribution < -0.4 is 5.32 Å². The average Bonchev–Trinajstić information content (AvgIpc) is 2.51. The van der Waals surface area contributed by atoms with Gasteiger partial charge in [-0.05, 0) is 26.3 Å². The van der Waals surface area contributed by atoms with E-state index in [4.69, 9.17) is 0 Å². The minimum absolute atomic E-state index is 0.0736. The van der Waals surface area contributed by atoms with Gasteiger partial charge in [-0.3, -0.25) is 14.7 Å². The van der Waals surface area contributed by atoms with Crippen molar-refractivity contribution in [1.29, 1.82) is 0 Å². The molecule has 76 valence electrons. The van der Waals surface area contributed by atoms with Gasteiger partial charge in [0.15, 0.2) is 5.78 Å². The van der Waals surface area contributed by atoms with Crippen LogP contribution in [0.5, 0.6) is 0 Å². The van der Waals surface area contributed by atoms with Crippen molar-refractivity contribution in [2.24, 2.45) is 0 Å². The minimum Gasteiger partial charge on any atom is -0.341 e. The zero-order chi connectivity index (χ0) is 10.7. The third kappa shape index (κ3) is 2.18. The summed E-state index contributed by atoms with van der Waals surface area (Å²) in [4.78, 5) is 22.4. The van der Waals surface area contributed by atoms with Crippen LogP contribution in [0.25, 0.3) is 0 Å². The number of rotatable bonds is 3. The molecule has 1 aromatic heterocycles. The summed E-state index contributed by atoms with van der Waals surface area (Å²) in [5.41, 5.74) is 1.16. The molecule has 0 aromatic carbocycles. The first-order valence-electron chi connectivity index (χ1n) is 4.33. The Morgan fingerprint density at radius 3 is 2.64 bits per heavy atom. The molecule has 0 fully saturated rings. The first kappa shape index (κ1) is 10.4. The molecule has 1 unspecified atom stereocenters. The molecule has 0 radical (unpaired) electrons. The average molecular weight is 195 g/mol. The topological polar surface area (TPSA) is 74.8 Å². The molecule has 1 amide bonds. The van der Waals surface area contributed by atoms with Gasteiger partial charge >= 0.3 is 0 Å². The highest BCUT2D eigenvalue weighted by Crippen LogP contribution is 2.01. The maximum atomic E-state index is 11.5. The van der Waals surface area contributed by atoms with Crippen LogP contribution in [-0.2, 0) is 4.79 Å². The van der Waals surface area contributed by atoms with Crippen LogP contribution in [0.2, 0.25) is 0 Å². The summed E-state index contributed by atoms with van der Waals surface area (Å²) in [5, 5.41) is 8.86. The Bertz CT molecular complexity index is 357. The van der Waals surface area contributed by atoms with E-state index in [1.165, 1.54) is 6.92 Å². The lowest BCUT2D eigenvalue weighted by Crippen LogP contribution is -2.37. The van der Waals surface area contributed by atoms with E-state index in [0.717, 1.165) is 5.56 Å². The Balaban J connectivity index is 2.69. The predicted octanol–water partition coefficient (Wildman–Crippen LogP) is 0.425. The maximum absolute atomic E-state index is 11.5. The molecular weight excluding hydrogens is 182 g/mol. The molecule has 0 bridgehead atoms. The standard InChI is InChI=1S/C9H13N3O2/c1-5-4-10-12-8(5)9(14)11-6(2)7(3)13/h4,6H,1-3H3,(H,10,12)(H,11,14). The summed E-state index contributed by atoms with van der Waals surface area (Å²) in [6.45, 7) is 4.85. The number of hydrogen-bond acceptors (Lipinski definition) is 3. The fraction of sp³-hybridized carbons (Fsp3) is 0.444. The monoisotopic (exact) mass is 195 g/mol. The largest absolute Gasteiger partial charge is 0.341 e. The molecule has 2 N–H and O–H groups in total. The lowest BCUT2D eigenvalue weighted by molar-refractivity contribution is -0.118. The summed E-state index contributed by atoms with van der Waals surface area (Å²) < 4.78 is 0. The molecule has 0 spiro atoms. The Kier molecular flexibility index (Phi) is 3.01. The smallest absolute Gasteiger partial charge is 0.270 e. The molecule has 0 aliphatic heterocycles. The van der Waals surface area contributed by atoms with Crippen LogP contribution in [-0.4, -0.2) is 27.9 Å². The van der Waals surface area contributed by atoms with Gasteiger partial charge < -0.3 is 5.32 Å². The Labute approximate surface area is 81.9 Å². The highest BCUT2D eigenvalue weighted by atomic mass is 16.2. The number of hydrogen-bond donors (Lipinski definition) is 2. The van der Waals surface area contributed by atoms with Gasteiger partial charge in [0.05, 0.1) is 12.2 Å². The van der Waals surface area contributed by atoms with Crippen molar-refractivity contribution in [3.05, 3.63) is 17.5 Å². The summed E-state index contributed by atoms with van der Waals surface area (Å²) in [7, 11) is 0. The van der Waals surface area contributed by atoms with Gasteiger partial charge in [0.2, 0.25) is 0 Å². The van der Waals surface area contributed by atoms with Gasteiger partial charge in [0.25, 0.3) is 5.91 Å². The number of carbonyl (C=O) groups is 2. The number of nitrogens with zero attached hydrogens (tertiary/aromatic N) is 1. The number of aryl methyl sites for hydroxylation is 1. The molecule has 14 heavy (non-hydrogen) atoms. The number of ketones is 1. The number of Topliss-reactive ketones (excluding diaryl/α,β-unsaturated/α-hetero) is 1. The van der Waals surface area contributed by atoms with Crippen molar-refractivity contribution >= 4 is 11.7 Å². The highest BCUT2D eigenvalue weighted by Gasteiger charge is 2.15. The van der Waals surface area contributed by atoms with Gasteiger partial charge in [-0.1, -0.05) is 0 Å². The first-order chi connectivity index (χ1) is 6.52. The number of carbonyl (C=O) groups excluding carboxylic acids is 2. The lowest BCUT2D eigenvalue weighted by Gasteiger charge is -2.09. The fourth-order valence-electron chi connectivity index (χ4n) is 0.947. The second kappa shape index (κ2) is 4.04. The van der Waals surface area contributed by atoms with E-state index < -0.39 is 6.04 Å². The second-order valence-electron chi connectivity index (χ2n) is 3.23. The molecule has 0 aliphatic carbocycles. The molecule has 1 atom stereocenters. The van der Waals surface area contributed by atoms with E-state index in [2.05, 4.69) is 15.5 Å². The summed E-state index contributed by atoms with van der Waals surface area (Å²) in [6, 6.07) is -0.467. The zero-order valence-corrected chi connectivity index (χ0v) is 8.42. The molecule has 1 heterocycles. The molecule has 0 aliphatic rings. The van der Waals surface area contributed by atoms with E-state index in [0.29, 0.717) is 5.69 Å². The SMILES string of the molecule is CC(=O)C(C)NC(=O)c1[nH]ncc1C. The number of aromatic nitrogens is 2. The van der Waals surface area contributed by atoms with Crippen LogP contribution in [0.15, 0.2) is 6.20 Å². The molecule has 0 saturated heterocycles. The quantitative estimate of drug-likeness (QED) is 0.734. The highest BCUT2D eigenvalue weighted by molar-refractivity contribution is 5.96. The van der Waals surface area contributed by atoms with E-state index in [1.54, 1.807) is 20.0 Å². The van der Waals surface area contributed by atoms with Crippen molar-refractivity contribution in [3.63, 3.8) is 0 Å². The lowest BCUT2D eigenvalue weighted by atomic mass is 10.2. The van der Waals surface area contributed by atoms with Gasteiger partial charge in [-0.15, -0.1) is 0 Å². The number of aromatic amines is 1. The minimum atomic E-state index is -0.467.